The normalized spacial score (nSPS) is 29.2. The molecule has 0 aromatic heterocycles. The molecule has 8 heteroatoms. The summed E-state index contributed by atoms with van der Waals surface area (Å²) in [5.41, 5.74) is -0.471. The van der Waals surface area contributed by atoms with E-state index < -0.39 is 29.4 Å². The molecule has 1 N–H and O–H groups in total. The van der Waals surface area contributed by atoms with E-state index in [0.717, 1.165) is 27.5 Å². The highest BCUT2D eigenvalue weighted by Gasteiger charge is 2.66. The third-order valence-corrected chi connectivity index (χ3v) is 6.89. The highest BCUT2D eigenvalue weighted by molar-refractivity contribution is 7.99. The van der Waals surface area contributed by atoms with Gasteiger partial charge in [0, 0.05) is 18.0 Å². The molecule has 2 aliphatic heterocycles. The largest absolute Gasteiger partial charge is 0.496 e. The molecule has 0 radical (unpaired) electrons. The van der Waals surface area contributed by atoms with Crippen LogP contribution in [0.2, 0.25) is 0 Å². The highest BCUT2D eigenvalue weighted by Crippen LogP contribution is 2.49. The summed E-state index contributed by atoms with van der Waals surface area (Å²) in [5, 5.41) is 3.23. The Hall–Kier alpha value is -2.06. The Morgan fingerprint density at radius 1 is 1.29 bits per heavy atom. The van der Waals surface area contributed by atoms with E-state index >= 15 is 0 Å². The van der Waals surface area contributed by atoms with Gasteiger partial charge in [-0.2, -0.15) is 0 Å². The van der Waals surface area contributed by atoms with Crippen LogP contribution in [0, 0.1) is 11.8 Å². The van der Waals surface area contributed by atoms with Crippen molar-refractivity contribution in [1.29, 1.82) is 0 Å². The number of methoxy groups -OCH3 is 2. The van der Waals surface area contributed by atoms with Crippen molar-refractivity contribution in [3.8, 4) is 5.75 Å². The minimum Gasteiger partial charge on any atom is -0.496 e. The molecular formula is C20H26N2O5S. The third-order valence-electron chi connectivity index (χ3n) is 5.63. The van der Waals surface area contributed by atoms with Crippen LogP contribution < -0.4 is 10.1 Å². The van der Waals surface area contributed by atoms with Gasteiger partial charge in [-0.05, 0) is 36.8 Å². The molecule has 1 aromatic rings. The number of hydrogen-bond donors (Lipinski definition) is 1. The van der Waals surface area contributed by atoms with Gasteiger partial charge in [0.15, 0.2) is 0 Å². The van der Waals surface area contributed by atoms with E-state index in [1.54, 1.807) is 25.8 Å². The highest BCUT2D eigenvalue weighted by atomic mass is 32.2. The van der Waals surface area contributed by atoms with Crippen LogP contribution in [0.25, 0.3) is 0 Å². The summed E-state index contributed by atoms with van der Waals surface area (Å²) < 4.78 is 10.5. The van der Waals surface area contributed by atoms with Crippen LogP contribution in [-0.4, -0.2) is 55.2 Å². The average molecular weight is 407 g/mol. The maximum absolute atomic E-state index is 12.8. The van der Waals surface area contributed by atoms with E-state index in [0.29, 0.717) is 5.75 Å². The predicted octanol–water partition coefficient (Wildman–Crippen LogP) is 2.00. The monoisotopic (exact) mass is 406 g/mol. The quantitative estimate of drug-likeness (QED) is 0.439. The molecule has 0 spiro atoms. The number of hydrogen-bond acceptors (Lipinski definition) is 7. The van der Waals surface area contributed by atoms with E-state index in [2.05, 4.69) is 12.2 Å². The summed E-state index contributed by atoms with van der Waals surface area (Å²) in [5.74, 6) is -0.985. The Morgan fingerprint density at radius 3 is 2.61 bits per heavy atom. The number of fused-ring (bicyclic) bond motifs is 1. The minimum atomic E-state index is -1.27. The Bertz CT molecular complexity index is 814. The van der Waals surface area contributed by atoms with Crippen molar-refractivity contribution in [3.63, 3.8) is 0 Å². The van der Waals surface area contributed by atoms with E-state index in [1.807, 2.05) is 18.2 Å². The standard InChI is InChI=1S/C20H26N2O5S/c1-6-9-28-13-8-7-11(10-12(13)26-4)16-14-15(18(24)22(3)17(14)23)20(2,21-16)19(25)27-5/h7-8,10,14-16,21H,6,9H2,1-5H3/t14?,15?,16?,20-/m1/s1. The lowest BCUT2D eigenvalue weighted by Crippen LogP contribution is -2.53. The lowest BCUT2D eigenvalue weighted by Gasteiger charge is -2.28. The van der Waals surface area contributed by atoms with Crippen molar-refractivity contribution in [2.24, 2.45) is 11.8 Å². The average Bonchev–Trinajstić information content (AvgIpc) is 3.14. The van der Waals surface area contributed by atoms with Crippen molar-refractivity contribution in [3.05, 3.63) is 23.8 Å². The van der Waals surface area contributed by atoms with Gasteiger partial charge >= 0.3 is 5.97 Å². The first-order valence-corrected chi connectivity index (χ1v) is 10.3. The number of esters is 1. The SMILES string of the molecule is CCCSc1ccc(C2N[C@@](C)(C(=O)OC)C3C(=O)N(C)C(=O)C23)cc1OC. The summed E-state index contributed by atoms with van der Waals surface area (Å²) in [7, 11) is 4.35. The fraction of sp³-hybridized carbons (Fsp3) is 0.550. The van der Waals surface area contributed by atoms with Gasteiger partial charge in [0.2, 0.25) is 11.8 Å². The van der Waals surface area contributed by atoms with Gasteiger partial charge in [-0.1, -0.05) is 13.0 Å². The summed E-state index contributed by atoms with van der Waals surface area (Å²) in [6.45, 7) is 3.74. The molecule has 2 amide bonds. The van der Waals surface area contributed by atoms with Crippen LogP contribution in [0.15, 0.2) is 23.1 Å². The molecule has 0 bridgehead atoms. The minimum absolute atomic E-state index is 0.288. The van der Waals surface area contributed by atoms with E-state index in [1.165, 1.54) is 14.2 Å². The number of carbonyl (C=O) groups excluding carboxylic acids is 3. The number of rotatable bonds is 6. The van der Waals surface area contributed by atoms with E-state index in [9.17, 15) is 14.4 Å². The molecule has 0 aliphatic carbocycles. The molecule has 152 valence electrons. The zero-order chi connectivity index (χ0) is 20.6. The third kappa shape index (κ3) is 3.08. The van der Waals surface area contributed by atoms with Crippen molar-refractivity contribution in [1.82, 2.24) is 10.2 Å². The Labute approximate surface area is 169 Å². The number of carbonyl (C=O) groups is 3. The maximum Gasteiger partial charge on any atom is 0.326 e. The molecule has 1 aromatic carbocycles. The van der Waals surface area contributed by atoms with Crippen molar-refractivity contribution in [2.75, 3.05) is 27.0 Å². The van der Waals surface area contributed by atoms with Gasteiger partial charge in [0.25, 0.3) is 0 Å². The summed E-state index contributed by atoms with van der Waals surface area (Å²) in [4.78, 5) is 40.2. The van der Waals surface area contributed by atoms with Crippen LogP contribution in [0.5, 0.6) is 5.75 Å². The van der Waals surface area contributed by atoms with Crippen molar-refractivity contribution < 1.29 is 23.9 Å². The molecule has 2 heterocycles. The van der Waals surface area contributed by atoms with Crippen molar-refractivity contribution >= 4 is 29.5 Å². The number of nitrogens with zero attached hydrogens (tertiary/aromatic N) is 1. The summed E-state index contributed by atoms with van der Waals surface area (Å²) in [6.07, 6.45) is 1.05. The summed E-state index contributed by atoms with van der Waals surface area (Å²) >= 11 is 1.70. The lowest BCUT2D eigenvalue weighted by molar-refractivity contribution is -0.152. The lowest BCUT2D eigenvalue weighted by atomic mass is 9.80. The van der Waals surface area contributed by atoms with Gasteiger partial charge < -0.3 is 9.47 Å². The maximum atomic E-state index is 12.8. The Kier molecular flexibility index (Phi) is 5.72. The first kappa shape index (κ1) is 20.7. The van der Waals surface area contributed by atoms with Crippen LogP contribution >= 0.6 is 11.8 Å². The molecule has 3 unspecified atom stereocenters. The van der Waals surface area contributed by atoms with Gasteiger partial charge in [-0.3, -0.25) is 24.6 Å². The van der Waals surface area contributed by atoms with E-state index in [4.69, 9.17) is 9.47 Å². The second-order valence-corrected chi connectivity index (χ2v) is 8.45. The van der Waals surface area contributed by atoms with Crippen LogP contribution in [0.1, 0.15) is 31.9 Å². The first-order chi connectivity index (χ1) is 13.3. The first-order valence-electron chi connectivity index (χ1n) is 9.28. The second-order valence-electron chi connectivity index (χ2n) is 7.31. The van der Waals surface area contributed by atoms with E-state index in [-0.39, 0.29) is 11.8 Å². The number of likely N-dealkylation sites (tertiary alicyclic amines) is 1. The number of amides is 2. The fourth-order valence-corrected chi connectivity index (χ4v) is 5.05. The van der Waals surface area contributed by atoms with Gasteiger partial charge in [-0.15, -0.1) is 11.8 Å². The van der Waals surface area contributed by atoms with Gasteiger partial charge in [-0.25, -0.2) is 0 Å². The number of nitrogens with one attached hydrogen (secondary N) is 1. The predicted molar refractivity (Wildman–Crippen MR) is 105 cm³/mol. The molecule has 0 saturated carbocycles. The Morgan fingerprint density at radius 2 is 2.00 bits per heavy atom. The molecule has 2 aliphatic rings. The Balaban J connectivity index is 2.03. The molecule has 3 rings (SSSR count). The van der Waals surface area contributed by atoms with Gasteiger partial charge in [0.1, 0.15) is 11.3 Å². The smallest absolute Gasteiger partial charge is 0.326 e. The molecular weight excluding hydrogens is 380 g/mol. The van der Waals surface area contributed by atoms with Gasteiger partial charge in [0.05, 0.1) is 26.1 Å². The topological polar surface area (TPSA) is 84.9 Å². The van der Waals surface area contributed by atoms with Crippen LogP contribution in [0.3, 0.4) is 0 Å². The molecule has 4 atom stereocenters. The molecule has 28 heavy (non-hydrogen) atoms. The fourth-order valence-electron chi connectivity index (χ4n) is 4.18. The molecule has 7 nitrogen and oxygen atoms in total. The number of ether oxygens (including phenoxy) is 2. The van der Waals surface area contributed by atoms with Crippen molar-refractivity contribution in [2.45, 2.75) is 36.7 Å². The zero-order valence-electron chi connectivity index (χ0n) is 16.8. The molecule has 2 fully saturated rings. The summed E-state index contributed by atoms with van der Waals surface area (Å²) in [6, 6.07) is 5.28. The number of imide groups is 1. The van der Waals surface area contributed by atoms with Crippen LogP contribution in [-0.2, 0) is 19.1 Å². The number of benzene rings is 1. The second kappa shape index (κ2) is 7.75. The molecule has 2 saturated heterocycles. The van der Waals surface area contributed by atoms with Crippen LogP contribution in [0.4, 0.5) is 0 Å². The zero-order valence-corrected chi connectivity index (χ0v) is 17.6. The number of thioether (sulfide) groups is 1.